The molecule has 0 radical (unpaired) electrons. The van der Waals surface area contributed by atoms with Crippen LogP contribution in [0.15, 0.2) is 18.3 Å². The molecule has 0 unspecified atom stereocenters. The van der Waals surface area contributed by atoms with Crippen LogP contribution in [0.1, 0.15) is 66.1 Å². The smallest absolute Gasteiger partial charge is 0.261 e. The summed E-state index contributed by atoms with van der Waals surface area (Å²) in [5.74, 6) is 0.949. The lowest BCUT2D eigenvalue weighted by molar-refractivity contribution is -0.131. The Kier molecular flexibility index (Phi) is 7.00. The molecule has 1 atom stereocenters. The number of ether oxygens (including phenoxy) is 1. The number of thiophene rings is 1. The van der Waals surface area contributed by atoms with Gasteiger partial charge in [-0.15, -0.1) is 11.3 Å². The zero-order valence-electron chi connectivity index (χ0n) is 17.7. The van der Waals surface area contributed by atoms with Gasteiger partial charge in [-0.3, -0.25) is 9.59 Å². The van der Waals surface area contributed by atoms with Gasteiger partial charge in [0.25, 0.3) is 5.91 Å². The number of carbonyl (C=O) groups excluding carboxylic acids is 2. The molecule has 1 saturated carbocycles. The minimum Gasteiger partial charge on any atom is -0.383 e. The Morgan fingerprint density at radius 1 is 1.27 bits per heavy atom. The maximum atomic E-state index is 12.9. The molecule has 2 aliphatic rings. The number of nitrogens with one attached hydrogen (secondary N) is 1. The maximum Gasteiger partial charge on any atom is 0.261 e. The van der Waals surface area contributed by atoms with Crippen LogP contribution in [-0.2, 0) is 9.53 Å². The van der Waals surface area contributed by atoms with Crippen LogP contribution in [0.2, 0.25) is 0 Å². The molecule has 0 spiro atoms. The molecule has 1 aliphatic carbocycles. The van der Waals surface area contributed by atoms with E-state index in [0.717, 1.165) is 33.6 Å². The first-order chi connectivity index (χ1) is 14.7. The topological polar surface area (TPSA) is 71.5 Å². The van der Waals surface area contributed by atoms with Crippen LogP contribution < -0.4 is 5.32 Å². The van der Waals surface area contributed by atoms with Gasteiger partial charge in [0.1, 0.15) is 4.83 Å². The molecule has 1 aliphatic heterocycles. The predicted octanol–water partition coefficient (Wildman–Crippen LogP) is 3.96. The van der Waals surface area contributed by atoms with Gasteiger partial charge in [-0.1, -0.05) is 25.3 Å². The van der Waals surface area contributed by atoms with E-state index in [4.69, 9.17) is 4.74 Å². The average Bonchev–Trinajstić information content (AvgIpc) is 3.39. The number of fused-ring (bicyclic) bond motifs is 1. The SMILES string of the molecule is COCCNC(=O)c1sc2ncccc2c1[C@@H]1CCN(C(=O)CC2CCCCC2)C1. The van der Waals surface area contributed by atoms with Crippen LogP contribution in [0.25, 0.3) is 10.2 Å². The number of carbonyl (C=O) groups is 2. The van der Waals surface area contributed by atoms with Crippen LogP contribution in [0.5, 0.6) is 0 Å². The summed E-state index contributed by atoms with van der Waals surface area (Å²) < 4.78 is 5.05. The van der Waals surface area contributed by atoms with Crippen molar-refractivity contribution in [2.45, 2.75) is 50.9 Å². The molecule has 2 fully saturated rings. The number of hydrogen-bond acceptors (Lipinski definition) is 5. The van der Waals surface area contributed by atoms with Crippen molar-refractivity contribution < 1.29 is 14.3 Å². The van der Waals surface area contributed by atoms with Crippen molar-refractivity contribution in [2.75, 3.05) is 33.4 Å². The Labute approximate surface area is 182 Å². The molecule has 162 valence electrons. The molecule has 1 saturated heterocycles. The van der Waals surface area contributed by atoms with Crippen molar-refractivity contribution in [3.05, 3.63) is 28.8 Å². The Morgan fingerprint density at radius 2 is 2.10 bits per heavy atom. The first kappa shape index (κ1) is 21.2. The lowest BCUT2D eigenvalue weighted by atomic mass is 9.86. The summed E-state index contributed by atoms with van der Waals surface area (Å²) in [4.78, 5) is 33.9. The first-order valence-corrected chi connectivity index (χ1v) is 11.9. The second-order valence-corrected chi connectivity index (χ2v) is 9.48. The molecule has 3 heterocycles. The van der Waals surface area contributed by atoms with Crippen molar-refractivity contribution in [3.63, 3.8) is 0 Å². The summed E-state index contributed by atoms with van der Waals surface area (Å²) in [5, 5.41) is 4.00. The molecule has 2 aromatic rings. The highest BCUT2D eigenvalue weighted by atomic mass is 32.1. The molecular weight excluding hydrogens is 398 g/mol. The highest BCUT2D eigenvalue weighted by Gasteiger charge is 2.33. The number of methoxy groups -OCH3 is 1. The van der Waals surface area contributed by atoms with Crippen molar-refractivity contribution in [1.29, 1.82) is 0 Å². The summed E-state index contributed by atoms with van der Waals surface area (Å²) in [7, 11) is 1.62. The number of hydrogen-bond donors (Lipinski definition) is 1. The number of aromatic nitrogens is 1. The monoisotopic (exact) mass is 429 g/mol. The van der Waals surface area contributed by atoms with E-state index in [1.165, 1.54) is 43.4 Å². The minimum atomic E-state index is -0.0722. The third-order valence-corrected chi connectivity index (χ3v) is 7.57. The molecule has 2 amide bonds. The standard InChI is InChI=1S/C23H31N3O3S/c1-29-13-11-24-22(28)21-20(18-8-5-10-25-23(18)30-21)17-9-12-26(15-17)19(27)14-16-6-3-2-4-7-16/h5,8,10,16-17H,2-4,6-7,9,11-15H2,1H3,(H,24,28)/t17-/m1/s1. The Bertz CT molecular complexity index is 891. The highest BCUT2D eigenvalue weighted by molar-refractivity contribution is 7.20. The van der Waals surface area contributed by atoms with E-state index in [1.54, 1.807) is 13.3 Å². The quantitative estimate of drug-likeness (QED) is 0.677. The van der Waals surface area contributed by atoms with Gasteiger partial charge in [0.15, 0.2) is 0 Å². The summed E-state index contributed by atoms with van der Waals surface area (Å²) in [5.41, 5.74) is 1.06. The predicted molar refractivity (Wildman–Crippen MR) is 119 cm³/mol. The second kappa shape index (κ2) is 9.88. The fourth-order valence-electron chi connectivity index (χ4n) is 4.86. The second-order valence-electron chi connectivity index (χ2n) is 8.48. The summed E-state index contributed by atoms with van der Waals surface area (Å²) >= 11 is 1.45. The van der Waals surface area contributed by atoms with Crippen LogP contribution >= 0.6 is 11.3 Å². The van der Waals surface area contributed by atoms with Gasteiger partial charge in [-0.25, -0.2) is 4.98 Å². The molecule has 1 N–H and O–H groups in total. The number of likely N-dealkylation sites (tertiary alicyclic amines) is 1. The van der Waals surface area contributed by atoms with Gasteiger partial charge in [0.2, 0.25) is 5.91 Å². The van der Waals surface area contributed by atoms with E-state index >= 15 is 0 Å². The first-order valence-electron chi connectivity index (χ1n) is 11.1. The lowest BCUT2D eigenvalue weighted by Gasteiger charge is -2.24. The fraction of sp³-hybridized carbons (Fsp3) is 0.609. The largest absolute Gasteiger partial charge is 0.383 e. The van der Waals surface area contributed by atoms with Crippen molar-refractivity contribution in [1.82, 2.24) is 15.2 Å². The molecule has 0 bridgehead atoms. The Morgan fingerprint density at radius 3 is 2.90 bits per heavy atom. The minimum absolute atomic E-state index is 0.0722. The van der Waals surface area contributed by atoms with Gasteiger partial charge in [-0.05, 0) is 36.8 Å². The Hall–Kier alpha value is -1.99. The average molecular weight is 430 g/mol. The van der Waals surface area contributed by atoms with Gasteiger partial charge in [0, 0.05) is 50.7 Å². The van der Waals surface area contributed by atoms with Crippen LogP contribution in [0.4, 0.5) is 0 Å². The van der Waals surface area contributed by atoms with Crippen LogP contribution in [0, 0.1) is 5.92 Å². The molecule has 2 aromatic heterocycles. The zero-order valence-corrected chi connectivity index (χ0v) is 18.5. The van der Waals surface area contributed by atoms with Crippen molar-refractivity contribution >= 4 is 33.4 Å². The lowest BCUT2D eigenvalue weighted by Crippen LogP contribution is -2.31. The van der Waals surface area contributed by atoms with E-state index in [2.05, 4.69) is 10.3 Å². The van der Waals surface area contributed by atoms with E-state index in [9.17, 15) is 9.59 Å². The van der Waals surface area contributed by atoms with Crippen LogP contribution in [0.3, 0.4) is 0 Å². The fourth-order valence-corrected chi connectivity index (χ4v) is 6.01. The number of amides is 2. The van der Waals surface area contributed by atoms with E-state index in [1.807, 2.05) is 17.0 Å². The third-order valence-electron chi connectivity index (χ3n) is 6.44. The molecule has 30 heavy (non-hydrogen) atoms. The van der Waals surface area contributed by atoms with Crippen molar-refractivity contribution in [2.24, 2.45) is 5.92 Å². The van der Waals surface area contributed by atoms with E-state index < -0.39 is 0 Å². The number of rotatable bonds is 7. The molecule has 7 heteroatoms. The number of nitrogens with zero attached hydrogens (tertiary/aromatic N) is 2. The summed E-state index contributed by atoms with van der Waals surface area (Å²) in [6.45, 7) is 2.44. The van der Waals surface area contributed by atoms with Crippen molar-refractivity contribution in [3.8, 4) is 0 Å². The molecule has 4 rings (SSSR count). The van der Waals surface area contributed by atoms with Gasteiger partial charge < -0.3 is 15.0 Å². The normalized spacial score (nSPS) is 20.0. The molecule has 6 nitrogen and oxygen atoms in total. The third kappa shape index (κ3) is 4.67. The Balaban J connectivity index is 1.50. The van der Waals surface area contributed by atoms with Gasteiger partial charge in [0.05, 0.1) is 11.5 Å². The molecule has 0 aromatic carbocycles. The maximum absolute atomic E-state index is 12.9. The zero-order chi connectivity index (χ0) is 20.9. The number of pyridine rings is 1. The van der Waals surface area contributed by atoms with Crippen LogP contribution in [-0.4, -0.2) is 55.0 Å². The summed E-state index contributed by atoms with van der Waals surface area (Å²) in [6, 6.07) is 3.97. The highest BCUT2D eigenvalue weighted by Crippen LogP contribution is 2.39. The summed E-state index contributed by atoms with van der Waals surface area (Å²) in [6.07, 6.45) is 9.56. The van der Waals surface area contributed by atoms with Gasteiger partial charge >= 0.3 is 0 Å². The van der Waals surface area contributed by atoms with E-state index in [0.29, 0.717) is 32.0 Å². The van der Waals surface area contributed by atoms with Gasteiger partial charge in [-0.2, -0.15) is 0 Å². The van der Waals surface area contributed by atoms with E-state index in [-0.39, 0.29) is 17.7 Å². The molecular formula is C23H31N3O3S.